The van der Waals surface area contributed by atoms with Gasteiger partial charge >= 0.3 is 11.9 Å². The van der Waals surface area contributed by atoms with Crippen LogP contribution in [0.1, 0.15) is 18.4 Å². The molecule has 0 N–H and O–H groups in total. The summed E-state index contributed by atoms with van der Waals surface area (Å²) in [5.74, 6) is 1.01. The third-order valence-electron chi connectivity index (χ3n) is 6.22. The van der Waals surface area contributed by atoms with E-state index in [0.717, 1.165) is 12.0 Å². The van der Waals surface area contributed by atoms with E-state index in [0.29, 0.717) is 34.3 Å². The zero-order valence-electron chi connectivity index (χ0n) is 18.9. The van der Waals surface area contributed by atoms with E-state index < -0.39 is 11.9 Å². The first-order valence-corrected chi connectivity index (χ1v) is 11.3. The molecule has 9 heteroatoms. The number of fused-ring (bicyclic) bond motifs is 2. The maximum Gasteiger partial charge on any atom is 0.506 e. The molecule has 3 amide bonds. The van der Waals surface area contributed by atoms with Crippen LogP contribution in [0.5, 0.6) is 11.5 Å². The third kappa shape index (κ3) is 3.61. The molecule has 9 nitrogen and oxygen atoms in total. The summed E-state index contributed by atoms with van der Waals surface area (Å²) >= 11 is 0. The van der Waals surface area contributed by atoms with Crippen molar-refractivity contribution in [3.05, 3.63) is 78.2 Å². The Kier molecular flexibility index (Phi) is 5.02. The van der Waals surface area contributed by atoms with Crippen molar-refractivity contribution in [2.45, 2.75) is 19.9 Å². The molecule has 3 aromatic rings. The molecule has 0 bridgehead atoms. The van der Waals surface area contributed by atoms with Crippen LogP contribution in [0.4, 0.5) is 10.5 Å². The highest BCUT2D eigenvalue weighted by Crippen LogP contribution is 2.35. The number of benzene rings is 2. The van der Waals surface area contributed by atoms with Crippen LogP contribution in [0.25, 0.3) is 11.4 Å². The Labute approximate surface area is 200 Å². The van der Waals surface area contributed by atoms with Gasteiger partial charge in [-0.15, -0.1) is 4.90 Å². The molecule has 0 spiro atoms. The van der Waals surface area contributed by atoms with Gasteiger partial charge in [-0.2, -0.15) is 14.4 Å². The predicted octanol–water partition coefficient (Wildman–Crippen LogP) is 3.89. The lowest BCUT2D eigenvalue weighted by molar-refractivity contribution is -0.449. The van der Waals surface area contributed by atoms with Crippen LogP contribution in [-0.4, -0.2) is 39.2 Å². The molecule has 2 aromatic carbocycles. The average Bonchev–Trinajstić information content (AvgIpc) is 3.56. The van der Waals surface area contributed by atoms with Gasteiger partial charge < -0.3 is 14.0 Å². The Morgan fingerprint density at radius 2 is 1.89 bits per heavy atom. The van der Waals surface area contributed by atoms with Gasteiger partial charge in [0.05, 0.1) is 0 Å². The molecule has 0 saturated heterocycles. The van der Waals surface area contributed by atoms with Crippen LogP contribution in [0.2, 0.25) is 0 Å². The summed E-state index contributed by atoms with van der Waals surface area (Å²) in [4.78, 5) is 32.6. The molecule has 3 aliphatic rings. The maximum atomic E-state index is 13.6. The van der Waals surface area contributed by atoms with Gasteiger partial charge in [0.1, 0.15) is 17.3 Å². The number of rotatable bonds is 5. The summed E-state index contributed by atoms with van der Waals surface area (Å²) in [6, 6.07) is 12.4. The summed E-state index contributed by atoms with van der Waals surface area (Å²) < 4.78 is 17.8. The molecule has 0 fully saturated rings. The van der Waals surface area contributed by atoms with Gasteiger partial charge in [0.2, 0.25) is 12.6 Å². The van der Waals surface area contributed by atoms with Gasteiger partial charge in [-0.25, -0.2) is 4.79 Å². The first-order chi connectivity index (χ1) is 17.1. The van der Waals surface area contributed by atoms with Crippen LogP contribution in [0, 0.1) is 5.92 Å². The Bertz CT molecular complexity index is 1430. The summed E-state index contributed by atoms with van der Waals surface area (Å²) in [5, 5.41) is 4.08. The van der Waals surface area contributed by atoms with Crippen LogP contribution in [-0.2, 0) is 17.8 Å². The second kappa shape index (κ2) is 8.35. The molecule has 174 valence electrons. The Balaban J connectivity index is 1.34. The van der Waals surface area contributed by atoms with Gasteiger partial charge in [-0.1, -0.05) is 42.4 Å². The molecule has 1 aliphatic carbocycles. The van der Waals surface area contributed by atoms with Gasteiger partial charge in [-0.3, -0.25) is 0 Å². The maximum absolute atomic E-state index is 13.6. The number of nitrogens with zero attached hydrogens (tertiary/aromatic N) is 4. The monoisotopic (exact) mass is 469 g/mol. The lowest BCUT2D eigenvalue weighted by atomic mass is 9.94. The van der Waals surface area contributed by atoms with Gasteiger partial charge in [-0.05, 0) is 48.4 Å². The van der Waals surface area contributed by atoms with E-state index in [-0.39, 0.29) is 25.1 Å². The standard InChI is InChI=1S/C26H21N4O5/c1-2-16-7-10-18(11-8-16)30-25(31)19-5-3-4-6-20(19)29(26(30)32)14-23-27-24(28-35-23)17-9-12-21-22(13-17)34-15-33-21/h3-13,19H,2,14-15H2,1H3/q+1. The van der Waals surface area contributed by atoms with Crippen molar-refractivity contribution >= 4 is 23.3 Å². The van der Waals surface area contributed by atoms with E-state index in [9.17, 15) is 9.59 Å². The van der Waals surface area contributed by atoms with E-state index in [1.54, 1.807) is 42.5 Å². The number of hydrogen-bond acceptors (Lipinski definition) is 7. The number of hydrogen-bond donors (Lipinski definition) is 0. The summed E-state index contributed by atoms with van der Waals surface area (Å²) in [6.45, 7) is 2.25. The first-order valence-electron chi connectivity index (χ1n) is 11.3. The molecule has 1 aromatic heterocycles. The molecule has 2 aliphatic heterocycles. The molecule has 6 rings (SSSR count). The van der Waals surface area contributed by atoms with Gasteiger partial charge in [0, 0.05) is 5.56 Å². The minimum absolute atomic E-state index is 0.0250. The molecule has 0 saturated carbocycles. The number of amides is 3. The fourth-order valence-electron chi connectivity index (χ4n) is 4.35. The highest BCUT2D eigenvalue weighted by atomic mass is 16.7. The lowest BCUT2D eigenvalue weighted by Gasteiger charge is -2.26. The fourth-order valence-corrected chi connectivity index (χ4v) is 4.35. The van der Waals surface area contributed by atoms with Crippen molar-refractivity contribution in [2.24, 2.45) is 5.92 Å². The molecule has 1 atom stereocenters. The zero-order chi connectivity index (χ0) is 23.9. The number of aromatic nitrogens is 2. The average molecular weight is 469 g/mol. The van der Waals surface area contributed by atoms with E-state index in [1.165, 1.54) is 9.48 Å². The van der Waals surface area contributed by atoms with Crippen molar-refractivity contribution in [2.75, 3.05) is 11.7 Å². The number of anilines is 1. The third-order valence-corrected chi connectivity index (χ3v) is 6.22. The number of aryl methyl sites for hydroxylation is 1. The van der Waals surface area contributed by atoms with Gasteiger partial charge in [0.15, 0.2) is 18.0 Å². The van der Waals surface area contributed by atoms with E-state index in [1.807, 2.05) is 24.3 Å². The van der Waals surface area contributed by atoms with Crippen LogP contribution in [0.15, 0.2) is 71.3 Å². The number of carbonyl (C=O) groups excluding carboxylic acids is 2. The Hall–Kier alpha value is -4.53. The second-order valence-electron chi connectivity index (χ2n) is 8.29. The fraction of sp³-hybridized carbons (Fsp3) is 0.192. The van der Waals surface area contributed by atoms with E-state index in [4.69, 9.17) is 14.0 Å². The van der Waals surface area contributed by atoms with Crippen molar-refractivity contribution in [1.82, 2.24) is 10.1 Å². The smallest absolute Gasteiger partial charge is 0.454 e. The minimum atomic E-state index is -0.584. The van der Waals surface area contributed by atoms with Crippen LogP contribution in [0.3, 0.4) is 0 Å². The van der Waals surface area contributed by atoms with E-state index >= 15 is 0 Å². The van der Waals surface area contributed by atoms with Crippen molar-refractivity contribution in [3.8, 4) is 22.9 Å². The van der Waals surface area contributed by atoms with Crippen molar-refractivity contribution in [1.29, 1.82) is 0 Å². The second-order valence-corrected chi connectivity index (χ2v) is 8.29. The molecule has 35 heavy (non-hydrogen) atoms. The topological polar surface area (TPSA) is 97.8 Å². The van der Waals surface area contributed by atoms with Crippen molar-refractivity contribution < 1.29 is 28.2 Å². The number of carbonyl (C=O) groups is 2. The summed E-state index contributed by atoms with van der Waals surface area (Å²) in [5.41, 5.74) is 2.92. The van der Waals surface area contributed by atoms with Crippen LogP contribution < -0.4 is 14.4 Å². The lowest BCUT2D eigenvalue weighted by Crippen LogP contribution is -2.54. The Morgan fingerprint density at radius 1 is 1.06 bits per heavy atom. The number of imide groups is 1. The van der Waals surface area contributed by atoms with Gasteiger partial charge in [0.25, 0.3) is 5.89 Å². The highest BCUT2D eigenvalue weighted by molar-refractivity contribution is 6.25. The Morgan fingerprint density at radius 3 is 2.71 bits per heavy atom. The number of ether oxygens (including phenoxy) is 2. The van der Waals surface area contributed by atoms with Crippen LogP contribution >= 0.6 is 0 Å². The number of urea groups is 1. The summed E-state index contributed by atoms with van der Waals surface area (Å²) in [6.07, 6.45) is 8.04. The summed E-state index contributed by atoms with van der Waals surface area (Å²) in [7, 11) is 0. The highest BCUT2D eigenvalue weighted by Gasteiger charge is 2.48. The molecule has 1 unspecified atom stereocenters. The van der Waals surface area contributed by atoms with Crippen molar-refractivity contribution in [3.63, 3.8) is 0 Å². The number of allylic oxidation sites excluding steroid dienone is 3. The first kappa shape index (κ1) is 21.0. The molecule has 0 radical (unpaired) electrons. The molecular weight excluding hydrogens is 448 g/mol. The van der Waals surface area contributed by atoms with E-state index in [2.05, 4.69) is 17.1 Å². The molecule has 3 heterocycles. The quantitative estimate of drug-likeness (QED) is 0.523. The normalized spacial score (nSPS) is 18.4. The predicted molar refractivity (Wildman–Crippen MR) is 125 cm³/mol. The minimum Gasteiger partial charge on any atom is -0.454 e. The largest absolute Gasteiger partial charge is 0.506 e. The molecular formula is C26H21N4O5+. The zero-order valence-corrected chi connectivity index (χ0v) is 18.9. The SMILES string of the molecule is CCc1ccc(N2C(=O)C3C=CC=CC3=[N+](Cc3nc(-c4ccc5c(c4)OCO5)no3)C2=O)cc1.